The lowest BCUT2D eigenvalue weighted by atomic mass is 10.0. The summed E-state index contributed by atoms with van der Waals surface area (Å²) in [7, 11) is 1.60. The fourth-order valence-corrected chi connectivity index (χ4v) is 4.75. The van der Waals surface area contributed by atoms with E-state index in [1.165, 1.54) is 4.68 Å². The van der Waals surface area contributed by atoms with E-state index in [0.29, 0.717) is 48.1 Å². The van der Waals surface area contributed by atoms with Crippen LogP contribution >= 0.6 is 0 Å². The first kappa shape index (κ1) is 24.2. The van der Waals surface area contributed by atoms with E-state index in [4.69, 9.17) is 4.74 Å². The van der Waals surface area contributed by atoms with Gasteiger partial charge >= 0.3 is 0 Å². The normalized spacial score (nSPS) is 13.9. The zero-order chi connectivity index (χ0) is 25.8. The highest BCUT2D eigenvalue weighted by Gasteiger charge is 2.26. The summed E-state index contributed by atoms with van der Waals surface area (Å²) in [6.45, 7) is 1.10. The SMILES string of the molecule is COc1ccccc1CC(=O)N1CCC(NC(=O)c2nn(-c3ccccc3)c(=O)c3ccccc23)CC1. The van der Waals surface area contributed by atoms with Gasteiger partial charge in [-0.15, -0.1) is 0 Å². The maximum Gasteiger partial charge on any atom is 0.279 e. The molecule has 37 heavy (non-hydrogen) atoms. The monoisotopic (exact) mass is 496 g/mol. The molecule has 0 aliphatic carbocycles. The van der Waals surface area contributed by atoms with Crippen LogP contribution < -0.4 is 15.6 Å². The van der Waals surface area contributed by atoms with Crippen LogP contribution in [0.4, 0.5) is 0 Å². The molecule has 1 N–H and O–H groups in total. The molecular weight excluding hydrogens is 468 g/mol. The first-order valence-electron chi connectivity index (χ1n) is 12.3. The molecule has 1 saturated heterocycles. The van der Waals surface area contributed by atoms with Crippen molar-refractivity contribution in [2.45, 2.75) is 25.3 Å². The Morgan fingerprint density at radius 3 is 2.30 bits per heavy atom. The molecule has 3 aromatic carbocycles. The van der Waals surface area contributed by atoms with Crippen molar-refractivity contribution >= 4 is 22.6 Å². The van der Waals surface area contributed by atoms with E-state index in [1.54, 1.807) is 43.5 Å². The molecule has 0 spiro atoms. The zero-order valence-corrected chi connectivity index (χ0v) is 20.6. The number of aromatic nitrogens is 2. The van der Waals surface area contributed by atoms with Gasteiger partial charge in [-0.25, -0.2) is 0 Å². The van der Waals surface area contributed by atoms with Crippen molar-refractivity contribution in [1.82, 2.24) is 20.0 Å². The van der Waals surface area contributed by atoms with Crippen LogP contribution in [0.25, 0.3) is 16.5 Å². The molecule has 8 nitrogen and oxygen atoms in total. The molecule has 0 atom stereocenters. The van der Waals surface area contributed by atoms with Crippen LogP contribution in [-0.2, 0) is 11.2 Å². The molecule has 1 aliphatic rings. The number of para-hydroxylation sites is 2. The van der Waals surface area contributed by atoms with Gasteiger partial charge in [0.1, 0.15) is 5.75 Å². The van der Waals surface area contributed by atoms with Crippen molar-refractivity contribution in [3.63, 3.8) is 0 Å². The number of fused-ring (bicyclic) bond motifs is 1. The van der Waals surface area contributed by atoms with Crippen molar-refractivity contribution < 1.29 is 14.3 Å². The number of carbonyl (C=O) groups is 2. The van der Waals surface area contributed by atoms with E-state index in [2.05, 4.69) is 10.4 Å². The Kier molecular flexibility index (Phi) is 6.98. The second-order valence-electron chi connectivity index (χ2n) is 9.06. The van der Waals surface area contributed by atoms with Gasteiger partial charge in [0.05, 0.1) is 24.6 Å². The van der Waals surface area contributed by atoms with Gasteiger partial charge in [0.25, 0.3) is 11.5 Å². The number of amides is 2. The molecule has 188 valence electrons. The molecule has 1 fully saturated rings. The highest BCUT2D eigenvalue weighted by Crippen LogP contribution is 2.21. The summed E-state index contributed by atoms with van der Waals surface area (Å²) < 4.78 is 6.64. The minimum Gasteiger partial charge on any atom is -0.496 e. The second kappa shape index (κ2) is 10.7. The molecule has 4 aromatic rings. The molecule has 1 aliphatic heterocycles. The lowest BCUT2D eigenvalue weighted by Crippen LogP contribution is -2.47. The van der Waals surface area contributed by atoms with Crippen molar-refractivity contribution in [2.75, 3.05) is 20.2 Å². The van der Waals surface area contributed by atoms with Crippen LogP contribution in [0.1, 0.15) is 28.9 Å². The molecule has 0 bridgehead atoms. The quantitative estimate of drug-likeness (QED) is 0.442. The van der Waals surface area contributed by atoms with Crippen LogP contribution in [0.5, 0.6) is 5.75 Å². The smallest absolute Gasteiger partial charge is 0.279 e. The third-order valence-corrected chi connectivity index (χ3v) is 6.74. The minimum absolute atomic E-state index is 0.0388. The Hall–Kier alpha value is -4.46. The summed E-state index contributed by atoms with van der Waals surface area (Å²) in [4.78, 5) is 41.2. The largest absolute Gasteiger partial charge is 0.496 e. The number of piperidine rings is 1. The topological polar surface area (TPSA) is 93.5 Å². The Morgan fingerprint density at radius 2 is 1.57 bits per heavy atom. The predicted molar refractivity (Wildman–Crippen MR) is 141 cm³/mol. The van der Waals surface area contributed by atoms with E-state index in [9.17, 15) is 14.4 Å². The maximum atomic E-state index is 13.4. The van der Waals surface area contributed by atoms with E-state index in [-0.39, 0.29) is 35.5 Å². The molecule has 5 rings (SSSR count). The van der Waals surface area contributed by atoms with E-state index >= 15 is 0 Å². The molecular formula is C29H28N4O4. The number of nitrogens with one attached hydrogen (secondary N) is 1. The van der Waals surface area contributed by atoms with Crippen LogP contribution in [-0.4, -0.2) is 52.7 Å². The summed E-state index contributed by atoms with van der Waals surface area (Å²) in [6.07, 6.45) is 1.55. The van der Waals surface area contributed by atoms with Crippen LogP contribution in [0.2, 0.25) is 0 Å². The molecule has 0 saturated carbocycles. The molecule has 0 unspecified atom stereocenters. The summed E-state index contributed by atoms with van der Waals surface area (Å²) in [5.41, 5.74) is 1.38. The first-order chi connectivity index (χ1) is 18.0. The number of benzene rings is 3. The minimum atomic E-state index is -0.334. The second-order valence-corrected chi connectivity index (χ2v) is 9.06. The van der Waals surface area contributed by atoms with Gasteiger partial charge in [-0.3, -0.25) is 14.4 Å². The number of ether oxygens (including phenoxy) is 1. The lowest BCUT2D eigenvalue weighted by Gasteiger charge is -2.32. The number of carbonyl (C=O) groups excluding carboxylic acids is 2. The highest BCUT2D eigenvalue weighted by atomic mass is 16.5. The van der Waals surface area contributed by atoms with Crippen LogP contribution in [0, 0.1) is 0 Å². The Bertz CT molecular complexity index is 1490. The predicted octanol–water partition coefficient (Wildman–Crippen LogP) is 3.36. The van der Waals surface area contributed by atoms with E-state index in [1.807, 2.05) is 47.4 Å². The summed E-state index contributed by atoms with van der Waals surface area (Å²) in [5, 5.41) is 8.49. The average molecular weight is 497 g/mol. The number of methoxy groups -OCH3 is 1. The van der Waals surface area contributed by atoms with Gasteiger partial charge in [0.2, 0.25) is 5.91 Å². The summed E-state index contributed by atoms with van der Waals surface area (Å²) in [6, 6.07) is 23.5. The Labute approximate surface area is 214 Å². The fourth-order valence-electron chi connectivity index (χ4n) is 4.75. The van der Waals surface area contributed by atoms with Crippen LogP contribution in [0.15, 0.2) is 83.7 Å². The molecule has 0 radical (unpaired) electrons. The van der Waals surface area contributed by atoms with Crippen molar-refractivity contribution in [2.24, 2.45) is 0 Å². The van der Waals surface area contributed by atoms with Gasteiger partial charge in [0, 0.05) is 30.1 Å². The highest BCUT2D eigenvalue weighted by molar-refractivity contribution is 6.05. The molecule has 2 amide bonds. The molecule has 8 heteroatoms. The van der Waals surface area contributed by atoms with Gasteiger partial charge in [0.15, 0.2) is 5.69 Å². The zero-order valence-electron chi connectivity index (χ0n) is 20.6. The lowest BCUT2D eigenvalue weighted by molar-refractivity contribution is -0.131. The van der Waals surface area contributed by atoms with Crippen molar-refractivity contribution in [3.05, 3.63) is 100 Å². The fraction of sp³-hybridized carbons (Fsp3) is 0.241. The first-order valence-corrected chi connectivity index (χ1v) is 12.3. The average Bonchev–Trinajstić information content (AvgIpc) is 2.94. The van der Waals surface area contributed by atoms with Gasteiger partial charge in [-0.2, -0.15) is 9.78 Å². The van der Waals surface area contributed by atoms with Crippen molar-refractivity contribution in [3.8, 4) is 11.4 Å². The molecule has 1 aromatic heterocycles. The van der Waals surface area contributed by atoms with Crippen LogP contribution in [0.3, 0.4) is 0 Å². The standard InChI is InChI=1S/C29H28N4O4/c1-37-25-14-8-5-9-20(25)19-26(34)32-17-15-21(16-18-32)30-28(35)27-23-12-6-7-13-24(23)29(36)33(31-27)22-10-3-2-4-11-22/h2-14,21H,15-19H2,1H3,(H,30,35). The van der Waals surface area contributed by atoms with Gasteiger partial charge in [-0.1, -0.05) is 54.6 Å². The van der Waals surface area contributed by atoms with Crippen molar-refractivity contribution in [1.29, 1.82) is 0 Å². The van der Waals surface area contributed by atoms with Gasteiger partial charge in [-0.05, 0) is 37.1 Å². The Morgan fingerprint density at radius 1 is 0.919 bits per heavy atom. The van der Waals surface area contributed by atoms with Gasteiger partial charge < -0.3 is 15.0 Å². The molecule has 2 heterocycles. The van der Waals surface area contributed by atoms with E-state index < -0.39 is 0 Å². The number of hydrogen-bond acceptors (Lipinski definition) is 5. The number of nitrogens with zero attached hydrogens (tertiary/aromatic N) is 3. The Balaban J connectivity index is 1.29. The number of rotatable bonds is 6. The number of hydrogen-bond donors (Lipinski definition) is 1. The maximum absolute atomic E-state index is 13.4. The summed E-state index contributed by atoms with van der Waals surface area (Å²) in [5.74, 6) is 0.408. The number of likely N-dealkylation sites (tertiary alicyclic amines) is 1. The van der Waals surface area contributed by atoms with E-state index in [0.717, 1.165) is 5.56 Å². The summed E-state index contributed by atoms with van der Waals surface area (Å²) >= 11 is 0. The third-order valence-electron chi connectivity index (χ3n) is 6.74. The third kappa shape index (κ3) is 5.09.